The molecule has 8 aliphatic rings. The summed E-state index contributed by atoms with van der Waals surface area (Å²) in [6.45, 7) is 6.59. The molecule has 4 amide bonds. The van der Waals surface area contributed by atoms with Crippen LogP contribution < -0.4 is 21.3 Å². The molecular formula is C48H62N4O12. The highest BCUT2D eigenvalue weighted by atomic mass is 16.7. The first-order valence-corrected chi connectivity index (χ1v) is 22.8. The van der Waals surface area contributed by atoms with E-state index < -0.39 is 89.1 Å². The van der Waals surface area contributed by atoms with E-state index in [2.05, 4.69) is 28.2 Å². The SMILES string of the molecule is CC(C)NC(=O)CCC(=O)NCC(=O)N[C@@H](CCC(=O)O)C(=O)NC12CC(Cc3ccc([C@@H]4O[C@@H]5C[C@H]6[C@@H]7CCC8=CC(=O)C=C[C@]8(C)[C@H]7[C@@H](O)C[C@]6(C)[C@]5(C(=O)CO)O4)cc3)(C1)C2. The summed E-state index contributed by atoms with van der Waals surface area (Å²) in [6, 6.07) is 6.70. The van der Waals surface area contributed by atoms with Gasteiger partial charge in [-0.05, 0) is 107 Å². The molecule has 16 nitrogen and oxygen atoms in total. The topological polar surface area (TPSA) is 247 Å². The minimum absolute atomic E-state index is 0.00830. The lowest BCUT2D eigenvalue weighted by Gasteiger charge is -2.71. The number of amides is 4. The zero-order chi connectivity index (χ0) is 46.0. The highest BCUT2D eigenvalue weighted by Crippen LogP contribution is 2.71. The number of carbonyl (C=O) groups excluding carboxylic acids is 6. The van der Waals surface area contributed by atoms with Gasteiger partial charge in [-0.15, -0.1) is 0 Å². The molecule has 0 spiro atoms. The van der Waals surface area contributed by atoms with E-state index in [0.29, 0.717) is 32.1 Å². The number of nitrogens with one attached hydrogen (secondary N) is 4. The van der Waals surface area contributed by atoms with Crippen LogP contribution in [0.5, 0.6) is 0 Å². The number of rotatable bonds is 17. The number of aliphatic hydroxyl groups is 2. The van der Waals surface area contributed by atoms with E-state index in [0.717, 1.165) is 36.0 Å². The predicted octanol–water partition coefficient (Wildman–Crippen LogP) is 2.64. The molecule has 0 radical (unpaired) electrons. The Kier molecular flexibility index (Phi) is 12.1. The molecule has 1 saturated heterocycles. The van der Waals surface area contributed by atoms with Crippen LogP contribution in [0, 0.1) is 34.0 Å². The van der Waals surface area contributed by atoms with Crippen molar-refractivity contribution in [3.63, 3.8) is 0 Å². The second-order valence-electron chi connectivity index (χ2n) is 20.6. The van der Waals surface area contributed by atoms with Crippen molar-refractivity contribution in [1.29, 1.82) is 0 Å². The number of ketones is 2. The van der Waals surface area contributed by atoms with Crippen molar-refractivity contribution in [2.75, 3.05) is 13.2 Å². The minimum Gasteiger partial charge on any atom is -0.481 e. The molecule has 1 heterocycles. The van der Waals surface area contributed by atoms with Crippen molar-refractivity contribution in [3.05, 3.63) is 59.2 Å². The summed E-state index contributed by atoms with van der Waals surface area (Å²) in [5.74, 6) is -3.59. The molecule has 7 aliphatic carbocycles. The molecule has 0 aromatic heterocycles. The Labute approximate surface area is 372 Å². The van der Waals surface area contributed by atoms with Crippen LogP contribution in [0.1, 0.15) is 116 Å². The largest absolute Gasteiger partial charge is 0.481 e. The maximum atomic E-state index is 14.0. The van der Waals surface area contributed by atoms with Crippen LogP contribution in [-0.4, -0.2) is 105 Å². The lowest BCUT2D eigenvalue weighted by molar-refractivity contribution is -0.201. The summed E-state index contributed by atoms with van der Waals surface area (Å²) in [6.07, 6.45) is 7.68. The molecule has 64 heavy (non-hydrogen) atoms. The summed E-state index contributed by atoms with van der Waals surface area (Å²) < 4.78 is 13.4. The van der Waals surface area contributed by atoms with Gasteiger partial charge in [-0.25, -0.2) is 0 Å². The molecule has 1 aliphatic heterocycles. The molecule has 0 unspecified atom stereocenters. The molecule has 7 N–H and O–H groups in total. The van der Waals surface area contributed by atoms with Crippen LogP contribution in [0.3, 0.4) is 0 Å². The number of ether oxygens (including phenoxy) is 2. The fourth-order valence-electron chi connectivity index (χ4n) is 13.4. The number of carboxylic acid groups (broad SMARTS) is 1. The summed E-state index contributed by atoms with van der Waals surface area (Å²) >= 11 is 0. The van der Waals surface area contributed by atoms with Crippen molar-refractivity contribution in [1.82, 2.24) is 21.3 Å². The number of carbonyl (C=O) groups is 7. The maximum absolute atomic E-state index is 14.0. The zero-order valence-electron chi connectivity index (χ0n) is 37.1. The monoisotopic (exact) mass is 886 g/mol. The number of benzene rings is 1. The van der Waals surface area contributed by atoms with Gasteiger partial charge in [0.05, 0.1) is 18.8 Å². The highest BCUT2D eigenvalue weighted by molar-refractivity contribution is 6.01. The molecule has 1 aromatic carbocycles. The third-order valence-electron chi connectivity index (χ3n) is 15.9. The van der Waals surface area contributed by atoms with E-state index in [1.807, 2.05) is 37.3 Å². The number of allylic oxidation sites excluding steroid dienone is 4. The Balaban J connectivity index is 0.856. The molecule has 16 heteroatoms. The minimum atomic E-state index is -1.44. The van der Waals surface area contributed by atoms with Gasteiger partial charge in [0.25, 0.3) is 0 Å². The Morgan fingerprint density at radius 2 is 1.64 bits per heavy atom. The maximum Gasteiger partial charge on any atom is 0.303 e. The van der Waals surface area contributed by atoms with Crippen molar-refractivity contribution >= 4 is 41.2 Å². The van der Waals surface area contributed by atoms with Gasteiger partial charge in [0.15, 0.2) is 23.5 Å². The van der Waals surface area contributed by atoms with Gasteiger partial charge in [0.1, 0.15) is 12.6 Å². The Bertz CT molecular complexity index is 2150. The average molecular weight is 887 g/mol. The Morgan fingerprint density at radius 3 is 2.31 bits per heavy atom. The summed E-state index contributed by atoms with van der Waals surface area (Å²) in [5.41, 5.74) is -0.340. The van der Waals surface area contributed by atoms with Gasteiger partial charge in [-0.2, -0.15) is 0 Å². The fourth-order valence-corrected chi connectivity index (χ4v) is 13.4. The molecule has 1 aromatic rings. The third-order valence-corrected chi connectivity index (χ3v) is 15.9. The van der Waals surface area contributed by atoms with Crippen molar-refractivity contribution in [2.45, 2.75) is 146 Å². The quantitative estimate of drug-likeness (QED) is 0.119. The summed E-state index contributed by atoms with van der Waals surface area (Å²) in [5, 5.41) is 42.4. The first-order valence-electron chi connectivity index (χ1n) is 22.8. The molecule has 9 rings (SSSR count). The number of carboxylic acids is 1. The second kappa shape index (κ2) is 16.9. The van der Waals surface area contributed by atoms with E-state index in [4.69, 9.17) is 9.47 Å². The van der Waals surface area contributed by atoms with Gasteiger partial charge in [-0.1, -0.05) is 49.8 Å². The van der Waals surface area contributed by atoms with Crippen LogP contribution in [0.2, 0.25) is 0 Å². The van der Waals surface area contributed by atoms with Gasteiger partial charge in [0.2, 0.25) is 23.6 Å². The van der Waals surface area contributed by atoms with Crippen molar-refractivity contribution in [3.8, 4) is 0 Å². The standard InChI is InChI=1S/C48H62N4O12/c1-26(2)50-38(58)13-12-37(57)49-21-39(59)51-33(11-14-40(60)61)42(62)52-47-23-46(24-47,25-47)19-27-5-7-28(8-6-27)43-63-36-18-32-31-10-9-29-17-30(54)15-16-44(29,3)41(31)34(55)20-45(32,4)48(36,64-43)35(56)22-53/h5-8,15-17,26,31-34,36,41,43,53,55H,9-14,18-25H2,1-4H3,(H,49,57)(H,50,58)(H,51,59)(H,52,62)(H,60,61)/t31-,32-,33-,34-,36+,41+,43+,44-,45-,46?,47?,48+/m0/s1. The predicted molar refractivity (Wildman–Crippen MR) is 229 cm³/mol. The number of aliphatic carboxylic acids is 1. The van der Waals surface area contributed by atoms with Gasteiger partial charge < -0.3 is 46.1 Å². The molecular weight excluding hydrogens is 825 g/mol. The van der Waals surface area contributed by atoms with Crippen LogP contribution in [-0.2, 0) is 49.5 Å². The molecule has 7 fully saturated rings. The fraction of sp³-hybridized carbons (Fsp3) is 0.646. The molecule has 10 atom stereocenters. The lowest BCUT2D eigenvalue weighted by atomic mass is 9.38. The van der Waals surface area contributed by atoms with E-state index in [-0.39, 0.29) is 66.6 Å². The molecule has 346 valence electrons. The first kappa shape index (κ1) is 45.8. The second-order valence-corrected chi connectivity index (χ2v) is 20.6. The smallest absolute Gasteiger partial charge is 0.303 e. The average Bonchev–Trinajstić information content (AvgIpc) is 3.72. The Hall–Kier alpha value is -4.77. The molecule has 2 bridgehead atoms. The number of Topliss-reactive ketones (excluding diaryl/α,β-unsaturated/α-hetero) is 1. The Morgan fingerprint density at radius 1 is 0.938 bits per heavy atom. The normalized spacial score (nSPS) is 36.7. The third kappa shape index (κ3) is 8.02. The summed E-state index contributed by atoms with van der Waals surface area (Å²) in [4.78, 5) is 87.8. The van der Waals surface area contributed by atoms with Crippen LogP contribution >= 0.6 is 0 Å². The van der Waals surface area contributed by atoms with Crippen LogP contribution in [0.25, 0.3) is 0 Å². The van der Waals surface area contributed by atoms with E-state index in [9.17, 15) is 48.9 Å². The van der Waals surface area contributed by atoms with E-state index in [1.54, 1.807) is 26.0 Å². The lowest BCUT2D eigenvalue weighted by Crippen LogP contribution is -2.76. The van der Waals surface area contributed by atoms with Crippen LogP contribution in [0.15, 0.2) is 48.1 Å². The van der Waals surface area contributed by atoms with Gasteiger partial charge >= 0.3 is 5.97 Å². The van der Waals surface area contributed by atoms with E-state index in [1.165, 1.54) is 0 Å². The highest BCUT2D eigenvalue weighted by Gasteiger charge is 2.76. The van der Waals surface area contributed by atoms with E-state index >= 15 is 0 Å². The number of hydrogen-bond donors (Lipinski definition) is 7. The number of fused-ring (bicyclic) bond motifs is 7. The zero-order valence-corrected chi connectivity index (χ0v) is 37.1. The van der Waals surface area contributed by atoms with Gasteiger partial charge in [-0.3, -0.25) is 33.6 Å². The summed E-state index contributed by atoms with van der Waals surface area (Å²) in [7, 11) is 0. The van der Waals surface area contributed by atoms with Crippen LogP contribution in [0.4, 0.5) is 0 Å². The molecule has 6 saturated carbocycles. The number of hydrogen-bond acceptors (Lipinski definition) is 11. The van der Waals surface area contributed by atoms with Gasteiger partial charge in [0, 0.05) is 53.2 Å². The first-order chi connectivity index (χ1) is 30.2. The number of aliphatic hydroxyl groups excluding tert-OH is 2. The van der Waals surface area contributed by atoms with Crippen molar-refractivity contribution < 1.29 is 58.4 Å². The van der Waals surface area contributed by atoms with Crippen molar-refractivity contribution in [2.24, 2.45) is 34.0 Å².